The molecule has 10 nitrogen and oxygen atoms in total. The van der Waals surface area contributed by atoms with Gasteiger partial charge in [0, 0.05) is 43.5 Å². The standard InChI is InChI=1S/C30H31N7O3/c1-19(34-29(38)26-27(31)35-36-14-7-13-33-28(26)36)24-16-20-8-5-9-21(17-32-18-23-12-6-15-40-23)25(20)30(39)37(24)22-10-3-2-4-11-22/h2-5,7-11,13-14,16,19,23,32H,6,12,15,17-18H2,1H3,(H2,31,35)(H,34,38)/t19-,23?/m0/s1. The summed E-state index contributed by atoms with van der Waals surface area (Å²) in [4.78, 5) is 31.9. The van der Waals surface area contributed by atoms with Crippen LogP contribution in [0.4, 0.5) is 5.82 Å². The molecule has 0 saturated carbocycles. The van der Waals surface area contributed by atoms with Crippen LogP contribution >= 0.6 is 0 Å². The van der Waals surface area contributed by atoms with Crippen LogP contribution in [0.3, 0.4) is 0 Å². The van der Waals surface area contributed by atoms with Crippen LogP contribution in [0.1, 0.15) is 47.4 Å². The van der Waals surface area contributed by atoms with E-state index in [2.05, 4.69) is 20.7 Å². The summed E-state index contributed by atoms with van der Waals surface area (Å²) < 4.78 is 8.88. The number of nitrogens with zero attached hydrogens (tertiary/aromatic N) is 4. The van der Waals surface area contributed by atoms with E-state index in [4.69, 9.17) is 10.5 Å². The fraction of sp³-hybridized carbons (Fsp3) is 0.267. The van der Waals surface area contributed by atoms with E-state index in [-0.39, 0.29) is 23.0 Å². The number of carbonyl (C=O) groups is 1. The Balaban J connectivity index is 1.38. The zero-order chi connectivity index (χ0) is 27.6. The van der Waals surface area contributed by atoms with Gasteiger partial charge in [-0.2, -0.15) is 0 Å². The molecule has 40 heavy (non-hydrogen) atoms. The van der Waals surface area contributed by atoms with Crippen molar-refractivity contribution in [3.05, 3.63) is 100 Å². The Morgan fingerprint density at radius 1 is 1.18 bits per heavy atom. The van der Waals surface area contributed by atoms with Crippen LogP contribution in [0.25, 0.3) is 22.1 Å². The molecule has 2 aromatic carbocycles. The Morgan fingerprint density at radius 2 is 2.02 bits per heavy atom. The van der Waals surface area contributed by atoms with E-state index in [0.717, 1.165) is 36.9 Å². The van der Waals surface area contributed by atoms with Gasteiger partial charge in [0.25, 0.3) is 11.5 Å². The fourth-order valence-electron chi connectivity index (χ4n) is 5.40. The molecule has 4 N–H and O–H groups in total. The van der Waals surface area contributed by atoms with E-state index in [9.17, 15) is 9.59 Å². The number of para-hydroxylation sites is 1. The van der Waals surface area contributed by atoms with Crippen LogP contribution in [-0.4, -0.2) is 44.3 Å². The lowest BCUT2D eigenvalue weighted by Gasteiger charge is -2.22. The van der Waals surface area contributed by atoms with Gasteiger partial charge in [0.15, 0.2) is 11.5 Å². The summed E-state index contributed by atoms with van der Waals surface area (Å²) in [5, 5.41) is 12.1. The van der Waals surface area contributed by atoms with E-state index in [1.54, 1.807) is 23.0 Å². The predicted octanol–water partition coefficient (Wildman–Crippen LogP) is 3.38. The molecule has 5 aromatic rings. The number of anilines is 1. The Bertz CT molecular complexity index is 1740. The van der Waals surface area contributed by atoms with Crippen molar-refractivity contribution in [1.82, 2.24) is 29.8 Å². The van der Waals surface area contributed by atoms with Crippen molar-refractivity contribution in [1.29, 1.82) is 0 Å². The first-order chi connectivity index (χ1) is 19.5. The quantitative estimate of drug-likeness (QED) is 0.277. The summed E-state index contributed by atoms with van der Waals surface area (Å²) in [5.41, 5.74) is 8.77. The molecule has 1 aliphatic rings. The molecule has 1 unspecified atom stereocenters. The Morgan fingerprint density at radius 3 is 2.83 bits per heavy atom. The highest BCUT2D eigenvalue weighted by Crippen LogP contribution is 2.25. The van der Waals surface area contributed by atoms with E-state index in [0.29, 0.717) is 29.0 Å². The normalized spacial score (nSPS) is 16.0. The lowest BCUT2D eigenvalue weighted by Crippen LogP contribution is -2.33. The first kappa shape index (κ1) is 25.7. The molecule has 0 spiro atoms. The van der Waals surface area contributed by atoms with Crippen molar-refractivity contribution < 1.29 is 9.53 Å². The molecular weight excluding hydrogens is 506 g/mol. The number of amides is 1. The SMILES string of the molecule is C[C@H](NC(=O)c1c(N)nn2cccnc12)c1cc2cccc(CNCC3CCCO3)c2c(=O)n1-c1ccccc1. The molecule has 3 aromatic heterocycles. The molecule has 10 heteroatoms. The van der Waals surface area contributed by atoms with Crippen molar-refractivity contribution in [3.8, 4) is 5.69 Å². The molecule has 1 aliphatic heterocycles. The third-order valence-corrected chi connectivity index (χ3v) is 7.33. The number of nitrogens with one attached hydrogen (secondary N) is 2. The van der Waals surface area contributed by atoms with Gasteiger partial charge < -0.3 is 21.1 Å². The second-order valence-corrected chi connectivity index (χ2v) is 10.0. The van der Waals surface area contributed by atoms with Gasteiger partial charge in [-0.25, -0.2) is 9.50 Å². The minimum atomic E-state index is -0.538. The van der Waals surface area contributed by atoms with Gasteiger partial charge in [-0.05, 0) is 55.0 Å². The maximum absolute atomic E-state index is 14.2. The molecule has 0 aliphatic carbocycles. The molecule has 1 saturated heterocycles. The molecular formula is C30H31N7O3. The maximum atomic E-state index is 14.2. The maximum Gasteiger partial charge on any atom is 0.263 e. The molecule has 4 heterocycles. The van der Waals surface area contributed by atoms with E-state index in [1.807, 2.05) is 61.5 Å². The summed E-state index contributed by atoms with van der Waals surface area (Å²) in [5.74, 6) is -0.333. The average Bonchev–Trinajstić information content (AvgIpc) is 3.60. The van der Waals surface area contributed by atoms with Gasteiger partial charge in [0.2, 0.25) is 0 Å². The van der Waals surface area contributed by atoms with Gasteiger partial charge in [0.1, 0.15) is 5.56 Å². The Hall–Kier alpha value is -4.54. The number of ether oxygens (including phenoxy) is 1. The number of fused-ring (bicyclic) bond motifs is 2. The summed E-state index contributed by atoms with van der Waals surface area (Å²) in [6.07, 6.45) is 5.61. The highest BCUT2D eigenvalue weighted by atomic mass is 16.5. The Kier molecular flexibility index (Phi) is 7.02. The highest BCUT2D eigenvalue weighted by Gasteiger charge is 2.24. The van der Waals surface area contributed by atoms with Crippen LogP contribution < -0.4 is 21.9 Å². The summed E-state index contributed by atoms with van der Waals surface area (Å²) >= 11 is 0. The number of hydrogen-bond acceptors (Lipinski definition) is 7. The number of nitrogen functional groups attached to an aromatic ring is 1. The number of carbonyl (C=O) groups excluding carboxylic acids is 1. The smallest absolute Gasteiger partial charge is 0.263 e. The van der Waals surface area contributed by atoms with Crippen LogP contribution in [0.15, 0.2) is 77.9 Å². The second-order valence-electron chi connectivity index (χ2n) is 10.0. The van der Waals surface area contributed by atoms with Gasteiger partial charge in [-0.15, -0.1) is 5.10 Å². The average molecular weight is 538 g/mol. The van der Waals surface area contributed by atoms with Crippen LogP contribution in [-0.2, 0) is 11.3 Å². The largest absolute Gasteiger partial charge is 0.381 e. The topological polar surface area (TPSA) is 129 Å². The van der Waals surface area contributed by atoms with Crippen molar-refractivity contribution >= 4 is 28.1 Å². The lowest BCUT2D eigenvalue weighted by molar-refractivity contribution is 0.0941. The van der Waals surface area contributed by atoms with Gasteiger partial charge >= 0.3 is 0 Å². The fourth-order valence-corrected chi connectivity index (χ4v) is 5.40. The van der Waals surface area contributed by atoms with E-state index in [1.165, 1.54) is 4.52 Å². The number of nitrogens with two attached hydrogens (primary N) is 1. The van der Waals surface area contributed by atoms with Crippen LogP contribution in [0.2, 0.25) is 0 Å². The monoisotopic (exact) mass is 537 g/mol. The number of hydrogen-bond donors (Lipinski definition) is 3. The Labute approximate surface area is 230 Å². The third-order valence-electron chi connectivity index (χ3n) is 7.33. The second kappa shape index (κ2) is 10.9. The van der Waals surface area contributed by atoms with Crippen molar-refractivity contribution in [3.63, 3.8) is 0 Å². The molecule has 1 fully saturated rings. The first-order valence-corrected chi connectivity index (χ1v) is 13.5. The molecule has 0 radical (unpaired) electrons. The summed E-state index contributed by atoms with van der Waals surface area (Å²) in [6.45, 7) is 3.94. The van der Waals surface area contributed by atoms with Gasteiger partial charge in [0.05, 0.1) is 17.5 Å². The molecule has 0 bridgehead atoms. The number of aromatic nitrogens is 4. The number of pyridine rings is 1. The third kappa shape index (κ3) is 4.83. The molecule has 2 atom stereocenters. The summed E-state index contributed by atoms with van der Waals surface area (Å²) in [6, 6.07) is 18.5. The van der Waals surface area contributed by atoms with Gasteiger partial charge in [-0.1, -0.05) is 36.4 Å². The molecule has 6 rings (SSSR count). The van der Waals surface area contributed by atoms with E-state index < -0.39 is 11.9 Å². The first-order valence-electron chi connectivity index (χ1n) is 13.5. The minimum absolute atomic E-state index is 0.0857. The van der Waals surface area contributed by atoms with E-state index >= 15 is 0 Å². The molecule has 204 valence electrons. The zero-order valence-corrected chi connectivity index (χ0v) is 22.2. The number of rotatable bonds is 8. The molecule has 1 amide bonds. The lowest BCUT2D eigenvalue weighted by atomic mass is 10.0. The summed E-state index contributed by atoms with van der Waals surface area (Å²) in [7, 11) is 0. The van der Waals surface area contributed by atoms with Crippen molar-refractivity contribution in [2.45, 2.75) is 38.5 Å². The van der Waals surface area contributed by atoms with Crippen molar-refractivity contribution in [2.75, 3.05) is 18.9 Å². The van der Waals surface area contributed by atoms with Gasteiger partial charge in [-0.3, -0.25) is 14.2 Å². The van der Waals surface area contributed by atoms with Crippen LogP contribution in [0, 0.1) is 0 Å². The van der Waals surface area contributed by atoms with Crippen LogP contribution in [0.5, 0.6) is 0 Å². The predicted molar refractivity (Wildman–Crippen MR) is 154 cm³/mol. The minimum Gasteiger partial charge on any atom is -0.381 e. The zero-order valence-electron chi connectivity index (χ0n) is 22.2. The van der Waals surface area contributed by atoms with Crippen molar-refractivity contribution in [2.24, 2.45) is 0 Å². The number of benzene rings is 2. The highest BCUT2D eigenvalue weighted by molar-refractivity contribution is 6.04.